The molecule has 0 aliphatic rings. The van der Waals surface area contributed by atoms with E-state index in [0.29, 0.717) is 23.3 Å². The number of carbonyl (C=O) groups is 3. The first-order valence-electron chi connectivity index (χ1n) is 6.97. The van der Waals surface area contributed by atoms with Gasteiger partial charge in [0, 0.05) is 24.9 Å². The Labute approximate surface area is 137 Å². The molecular weight excluding hydrogens is 314 g/mol. The Bertz CT molecular complexity index is 881. The molecule has 2 rings (SSSR count). The van der Waals surface area contributed by atoms with Crippen molar-refractivity contribution in [1.82, 2.24) is 4.57 Å². The summed E-state index contributed by atoms with van der Waals surface area (Å²) in [6, 6.07) is 5.85. The van der Waals surface area contributed by atoms with Crippen LogP contribution in [0.5, 0.6) is 5.75 Å². The van der Waals surface area contributed by atoms with Gasteiger partial charge in [0.25, 0.3) is 0 Å². The van der Waals surface area contributed by atoms with Crippen molar-refractivity contribution in [2.45, 2.75) is 13.8 Å². The molecule has 2 aromatic rings. The highest BCUT2D eigenvalue weighted by atomic mass is 16.5. The smallest absolute Gasteiger partial charge is 0.343 e. The fourth-order valence-electron chi connectivity index (χ4n) is 2.24. The monoisotopic (exact) mass is 329 g/mol. The topological polar surface area (TPSA) is 91.7 Å². The SMILES string of the molecule is COC(=O)c1cn(-c2ccc(OC(C)=O)cc2C)c(C=O)cc1=O. The zero-order chi connectivity index (χ0) is 17.9. The molecule has 7 heteroatoms. The van der Waals surface area contributed by atoms with Crippen LogP contribution < -0.4 is 10.2 Å². The number of aldehydes is 1. The summed E-state index contributed by atoms with van der Waals surface area (Å²) in [6.07, 6.45) is 1.77. The van der Waals surface area contributed by atoms with Gasteiger partial charge in [0.2, 0.25) is 0 Å². The van der Waals surface area contributed by atoms with Gasteiger partial charge in [0.05, 0.1) is 12.8 Å². The molecule has 0 aliphatic heterocycles. The van der Waals surface area contributed by atoms with Crippen molar-refractivity contribution >= 4 is 18.2 Å². The molecule has 0 aliphatic carbocycles. The zero-order valence-electron chi connectivity index (χ0n) is 13.4. The Balaban J connectivity index is 2.62. The number of esters is 2. The molecule has 1 heterocycles. The highest BCUT2D eigenvalue weighted by Gasteiger charge is 2.16. The Kier molecular flexibility index (Phi) is 4.93. The number of rotatable bonds is 4. The molecule has 7 nitrogen and oxygen atoms in total. The van der Waals surface area contributed by atoms with Crippen LogP contribution in [0, 0.1) is 6.92 Å². The van der Waals surface area contributed by atoms with Gasteiger partial charge in [-0.05, 0) is 30.7 Å². The third-order valence-electron chi connectivity index (χ3n) is 3.30. The lowest BCUT2D eigenvalue weighted by Crippen LogP contribution is -2.20. The minimum Gasteiger partial charge on any atom is -0.465 e. The number of methoxy groups -OCH3 is 1. The van der Waals surface area contributed by atoms with E-state index < -0.39 is 17.4 Å². The van der Waals surface area contributed by atoms with E-state index >= 15 is 0 Å². The fourth-order valence-corrected chi connectivity index (χ4v) is 2.24. The van der Waals surface area contributed by atoms with Gasteiger partial charge in [-0.25, -0.2) is 4.79 Å². The van der Waals surface area contributed by atoms with E-state index in [1.165, 1.54) is 24.8 Å². The minimum absolute atomic E-state index is 0.0796. The lowest BCUT2D eigenvalue weighted by Gasteiger charge is -2.14. The van der Waals surface area contributed by atoms with E-state index in [1.54, 1.807) is 25.1 Å². The van der Waals surface area contributed by atoms with Gasteiger partial charge in [0.15, 0.2) is 11.7 Å². The van der Waals surface area contributed by atoms with Crippen LogP contribution in [-0.4, -0.2) is 29.9 Å². The standard InChI is InChI=1S/C17H15NO6/c1-10-6-13(24-11(2)20)4-5-15(10)18-8-14(17(22)23-3)16(21)7-12(18)9-19/h4-9H,1-3H3. The van der Waals surface area contributed by atoms with Crippen LogP contribution in [0.25, 0.3) is 5.69 Å². The van der Waals surface area contributed by atoms with Crippen molar-refractivity contribution < 1.29 is 23.9 Å². The predicted octanol–water partition coefficient (Wildman–Crippen LogP) is 1.67. The van der Waals surface area contributed by atoms with E-state index in [0.717, 1.165) is 6.07 Å². The molecule has 0 atom stereocenters. The molecule has 124 valence electrons. The summed E-state index contributed by atoms with van der Waals surface area (Å²) in [6.45, 7) is 3.03. The molecule has 0 radical (unpaired) electrons. The maximum atomic E-state index is 11.9. The van der Waals surface area contributed by atoms with E-state index in [4.69, 9.17) is 4.74 Å². The van der Waals surface area contributed by atoms with Gasteiger partial charge < -0.3 is 14.0 Å². The summed E-state index contributed by atoms with van der Waals surface area (Å²) < 4.78 is 11.0. The first-order chi connectivity index (χ1) is 11.4. The maximum absolute atomic E-state index is 11.9. The highest BCUT2D eigenvalue weighted by Crippen LogP contribution is 2.22. The summed E-state index contributed by atoms with van der Waals surface area (Å²) in [7, 11) is 1.17. The summed E-state index contributed by atoms with van der Waals surface area (Å²) in [5.41, 5.74) is 0.520. The van der Waals surface area contributed by atoms with Crippen LogP contribution in [0.4, 0.5) is 0 Å². The molecule has 1 aromatic carbocycles. The zero-order valence-corrected chi connectivity index (χ0v) is 13.4. The van der Waals surface area contributed by atoms with Gasteiger partial charge in [-0.2, -0.15) is 0 Å². The molecule has 0 fully saturated rings. The Morgan fingerprint density at radius 3 is 2.46 bits per heavy atom. The number of carbonyl (C=O) groups excluding carboxylic acids is 3. The number of aromatic nitrogens is 1. The molecule has 0 bridgehead atoms. The molecule has 0 saturated heterocycles. The number of aryl methyl sites for hydroxylation is 1. The molecule has 0 spiro atoms. The van der Waals surface area contributed by atoms with Crippen molar-refractivity contribution in [3.05, 3.63) is 57.5 Å². The van der Waals surface area contributed by atoms with Gasteiger partial charge in [-0.3, -0.25) is 14.4 Å². The van der Waals surface area contributed by atoms with E-state index in [1.807, 2.05) is 0 Å². The van der Waals surface area contributed by atoms with Gasteiger partial charge in [0.1, 0.15) is 11.3 Å². The summed E-state index contributed by atoms with van der Waals surface area (Å²) >= 11 is 0. The predicted molar refractivity (Wildman–Crippen MR) is 84.8 cm³/mol. The third-order valence-corrected chi connectivity index (χ3v) is 3.30. The molecule has 24 heavy (non-hydrogen) atoms. The first-order valence-corrected chi connectivity index (χ1v) is 6.97. The summed E-state index contributed by atoms with van der Waals surface area (Å²) in [4.78, 5) is 45.9. The second-order valence-electron chi connectivity index (χ2n) is 5.00. The number of pyridine rings is 1. The maximum Gasteiger partial charge on any atom is 0.343 e. The van der Waals surface area contributed by atoms with Crippen molar-refractivity contribution in [3.8, 4) is 11.4 Å². The molecule has 0 N–H and O–H groups in total. The van der Waals surface area contributed by atoms with E-state index in [-0.39, 0.29) is 11.3 Å². The van der Waals surface area contributed by atoms with Crippen molar-refractivity contribution in [2.24, 2.45) is 0 Å². The Hall–Kier alpha value is -3.22. The van der Waals surface area contributed by atoms with Crippen LogP contribution in [0.3, 0.4) is 0 Å². The normalized spacial score (nSPS) is 10.1. The van der Waals surface area contributed by atoms with Crippen molar-refractivity contribution in [2.75, 3.05) is 7.11 Å². The van der Waals surface area contributed by atoms with Crippen molar-refractivity contribution in [3.63, 3.8) is 0 Å². The Morgan fingerprint density at radius 1 is 1.21 bits per heavy atom. The van der Waals surface area contributed by atoms with Gasteiger partial charge in [-0.15, -0.1) is 0 Å². The largest absolute Gasteiger partial charge is 0.465 e. The number of nitrogens with zero attached hydrogens (tertiary/aromatic N) is 1. The molecule has 0 saturated carbocycles. The van der Waals surface area contributed by atoms with Crippen molar-refractivity contribution in [1.29, 1.82) is 0 Å². The van der Waals surface area contributed by atoms with E-state index in [9.17, 15) is 19.2 Å². The van der Waals surface area contributed by atoms with Crippen LogP contribution in [0.1, 0.15) is 33.3 Å². The average molecular weight is 329 g/mol. The Morgan fingerprint density at radius 2 is 1.92 bits per heavy atom. The third kappa shape index (κ3) is 3.40. The summed E-state index contributed by atoms with van der Waals surface area (Å²) in [5, 5.41) is 0. The fraction of sp³-hybridized carbons (Fsp3) is 0.176. The van der Waals surface area contributed by atoms with Crippen LogP contribution in [0.2, 0.25) is 0 Å². The van der Waals surface area contributed by atoms with Crippen LogP contribution in [0.15, 0.2) is 35.3 Å². The van der Waals surface area contributed by atoms with E-state index in [2.05, 4.69) is 4.74 Å². The molecule has 1 aromatic heterocycles. The summed E-state index contributed by atoms with van der Waals surface area (Å²) in [5.74, 6) is -0.891. The second-order valence-corrected chi connectivity index (χ2v) is 5.00. The lowest BCUT2D eigenvalue weighted by molar-refractivity contribution is -0.131. The number of hydrogen-bond donors (Lipinski definition) is 0. The van der Waals surface area contributed by atoms with Gasteiger partial charge in [-0.1, -0.05) is 0 Å². The quantitative estimate of drug-likeness (QED) is 0.481. The van der Waals surface area contributed by atoms with Crippen LogP contribution >= 0.6 is 0 Å². The molecule has 0 amide bonds. The average Bonchev–Trinajstić information content (AvgIpc) is 2.53. The molecular formula is C17H15NO6. The molecule has 0 unspecified atom stereocenters. The number of benzene rings is 1. The minimum atomic E-state index is -0.791. The van der Waals surface area contributed by atoms with Crippen LogP contribution in [-0.2, 0) is 9.53 Å². The highest BCUT2D eigenvalue weighted by molar-refractivity contribution is 5.89. The second kappa shape index (κ2) is 6.91. The first kappa shape index (κ1) is 17.1. The van der Waals surface area contributed by atoms with Gasteiger partial charge >= 0.3 is 11.9 Å². The number of hydrogen-bond acceptors (Lipinski definition) is 6. The lowest BCUT2D eigenvalue weighted by atomic mass is 10.1. The number of ether oxygens (including phenoxy) is 2.